The number of anilines is 1. The highest BCUT2D eigenvalue weighted by molar-refractivity contribution is 7.89. The predicted octanol–water partition coefficient (Wildman–Crippen LogP) is 1.50. The van der Waals surface area contributed by atoms with Gasteiger partial charge in [-0.25, -0.2) is 13.1 Å². The lowest BCUT2D eigenvalue weighted by molar-refractivity contribution is 0.498. The summed E-state index contributed by atoms with van der Waals surface area (Å²) in [6.45, 7) is 5.69. The van der Waals surface area contributed by atoms with E-state index < -0.39 is 15.6 Å². The molecule has 0 saturated heterocycles. The van der Waals surface area contributed by atoms with Gasteiger partial charge in [0.25, 0.3) is 0 Å². The Morgan fingerprint density at radius 2 is 1.85 bits per heavy atom. The number of sulfonamides is 1. The summed E-state index contributed by atoms with van der Waals surface area (Å²) < 4.78 is 26.9. The van der Waals surface area contributed by atoms with Crippen LogP contribution in [-0.2, 0) is 10.0 Å². The average molecular weight is 322 g/mol. The lowest BCUT2D eigenvalue weighted by Gasteiger charge is -2.20. The highest BCUT2D eigenvalue weighted by atomic mass is 35.5. The first kappa shape index (κ1) is 19.2. The summed E-state index contributed by atoms with van der Waals surface area (Å²) in [5.74, 6) is 0. The van der Waals surface area contributed by atoms with Crippen LogP contribution in [-0.4, -0.2) is 34.6 Å². The Kier molecular flexibility index (Phi) is 6.48. The molecule has 0 unspecified atom stereocenters. The second-order valence-electron chi connectivity index (χ2n) is 5.66. The van der Waals surface area contributed by atoms with E-state index in [9.17, 15) is 8.42 Å². The van der Waals surface area contributed by atoms with Crippen LogP contribution in [0.1, 0.15) is 19.4 Å². The third-order valence-electron chi connectivity index (χ3n) is 2.69. The first-order chi connectivity index (χ1) is 8.53. The number of halogens is 1. The quantitative estimate of drug-likeness (QED) is 0.861. The number of hydrogen-bond donors (Lipinski definition) is 2. The van der Waals surface area contributed by atoms with Gasteiger partial charge in [0.1, 0.15) is 0 Å². The number of rotatable bonds is 5. The van der Waals surface area contributed by atoms with Gasteiger partial charge in [-0.3, -0.25) is 0 Å². The molecule has 0 radical (unpaired) electrons. The molecule has 1 rings (SSSR count). The van der Waals surface area contributed by atoms with Crippen LogP contribution in [0.4, 0.5) is 5.69 Å². The number of nitrogens with one attached hydrogen (secondary N) is 1. The zero-order valence-corrected chi connectivity index (χ0v) is 14.2. The molecule has 5 nitrogen and oxygen atoms in total. The van der Waals surface area contributed by atoms with Gasteiger partial charge in [0.05, 0.1) is 4.90 Å². The normalized spacial score (nSPS) is 11.9. The van der Waals surface area contributed by atoms with Gasteiger partial charge < -0.3 is 10.6 Å². The maximum Gasteiger partial charge on any atom is 0.240 e. The Morgan fingerprint density at radius 1 is 1.30 bits per heavy atom. The lowest BCUT2D eigenvalue weighted by atomic mass is 10.1. The molecule has 116 valence electrons. The van der Waals surface area contributed by atoms with Gasteiger partial charge in [-0.15, -0.1) is 12.4 Å². The van der Waals surface area contributed by atoms with Gasteiger partial charge in [0.15, 0.2) is 0 Å². The Labute approximate surface area is 128 Å². The zero-order chi connectivity index (χ0) is 14.8. The average Bonchev–Trinajstić information content (AvgIpc) is 2.25. The van der Waals surface area contributed by atoms with Crippen LogP contribution in [0.15, 0.2) is 23.1 Å². The largest absolute Gasteiger partial charge is 0.377 e. The van der Waals surface area contributed by atoms with Crippen LogP contribution in [0.5, 0.6) is 0 Å². The van der Waals surface area contributed by atoms with Crippen LogP contribution < -0.4 is 15.4 Å². The summed E-state index contributed by atoms with van der Waals surface area (Å²) in [6.07, 6.45) is 0. The third-order valence-corrected chi connectivity index (χ3v) is 4.09. The van der Waals surface area contributed by atoms with Gasteiger partial charge in [-0.05, 0) is 38.5 Å². The molecule has 20 heavy (non-hydrogen) atoms. The van der Waals surface area contributed by atoms with Gasteiger partial charge in [0, 0.05) is 31.9 Å². The van der Waals surface area contributed by atoms with E-state index in [1.54, 1.807) is 32.0 Å². The molecule has 7 heteroatoms. The molecule has 0 aromatic heterocycles. The van der Waals surface area contributed by atoms with Crippen LogP contribution in [0.3, 0.4) is 0 Å². The molecule has 0 aliphatic heterocycles. The Morgan fingerprint density at radius 3 is 2.30 bits per heavy atom. The molecule has 0 aliphatic carbocycles. The fourth-order valence-electron chi connectivity index (χ4n) is 1.60. The summed E-state index contributed by atoms with van der Waals surface area (Å²) in [7, 11) is 0.245. The van der Waals surface area contributed by atoms with Crippen molar-refractivity contribution in [2.24, 2.45) is 5.73 Å². The minimum absolute atomic E-state index is 0. The van der Waals surface area contributed by atoms with E-state index in [-0.39, 0.29) is 23.8 Å². The SMILES string of the molecule is Cc1ccc(S(=O)(=O)NCC(C)(C)N)cc1N(C)C.Cl. The summed E-state index contributed by atoms with van der Waals surface area (Å²) >= 11 is 0. The smallest absolute Gasteiger partial charge is 0.240 e. The maximum absolute atomic E-state index is 12.2. The molecule has 0 fully saturated rings. The maximum atomic E-state index is 12.2. The van der Waals surface area contributed by atoms with Crippen molar-refractivity contribution < 1.29 is 8.42 Å². The van der Waals surface area contributed by atoms with E-state index in [4.69, 9.17) is 5.73 Å². The molecule has 0 amide bonds. The molecule has 0 spiro atoms. The Hall–Kier alpha value is -0.820. The topological polar surface area (TPSA) is 75.4 Å². The van der Waals surface area contributed by atoms with E-state index in [0.29, 0.717) is 0 Å². The molecule has 0 heterocycles. The molecular formula is C13H24ClN3O2S. The summed E-state index contributed by atoms with van der Waals surface area (Å²) in [6, 6.07) is 5.08. The zero-order valence-electron chi connectivity index (χ0n) is 12.6. The highest BCUT2D eigenvalue weighted by Crippen LogP contribution is 2.22. The fraction of sp³-hybridized carbons (Fsp3) is 0.538. The van der Waals surface area contributed by atoms with Crippen LogP contribution in [0.25, 0.3) is 0 Å². The monoisotopic (exact) mass is 321 g/mol. The lowest BCUT2D eigenvalue weighted by Crippen LogP contribution is -2.45. The summed E-state index contributed by atoms with van der Waals surface area (Å²) in [5.41, 5.74) is 7.12. The van der Waals surface area contributed by atoms with E-state index in [2.05, 4.69) is 4.72 Å². The minimum atomic E-state index is -3.52. The minimum Gasteiger partial charge on any atom is -0.377 e. The second kappa shape index (κ2) is 6.76. The van der Waals surface area contributed by atoms with Gasteiger partial charge >= 0.3 is 0 Å². The highest BCUT2D eigenvalue weighted by Gasteiger charge is 2.19. The van der Waals surface area contributed by atoms with E-state index in [0.717, 1.165) is 11.3 Å². The number of aryl methyl sites for hydroxylation is 1. The van der Waals surface area contributed by atoms with Gasteiger partial charge in [0.2, 0.25) is 10.0 Å². The van der Waals surface area contributed by atoms with Crippen molar-refractivity contribution in [1.82, 2.24) is 4.72 Å². The first-order valence-corrected chi connectivity index (χ1v) is 7.58. The molecule has 1 aromatic carbocycles. The number of nitrogens with two attached hydrogens (primary N) is 1. The van der Waals surface area contributed by atoms with Crippen molar-refractivity contribution in [2.45, 2.75) is 31.2 Å². The van der Waals surface area contributed by atoms with Crippen LogP contribution in [0, 0.1) is 6.92 Å². The molecule has 1 aromatic rings. The Balaban J connectivity index is 0.00000361. The van der Waals surface area contributed by atoms with Gasteiger partial charge in [-0.1, -0.05) is 6.07 Å². The second-order valence-corrected chi connectivity index (χ2v) is 7.42. The van der Waals surface area contributed by atoms with Gasteiger partial charge in [-0.2, -0.15) is 0 Å². The summed E-state index contributed by atoms with van der Waals surface area (Å²) in [4.78, 5) is 2.15. The molecule has 0 bridgehead atoms. The van der Waals surface area contributed by atoms with Crippen LogP contribution in [0.2, 0.25) is 0 Å². The fourth-order valence-corrected chi connectivity index (χ4v) is 2.85. The van der Waals surface area contributed by atoms with Crippen molar-refractivity contribution in [3.05, 3.63) is 23.8 Å². The number of hydrogen-bond acceptors (Lipinski definition) is 4. The predicted molar refractivity (Wildman–Crippen MR) is 86.2 cm³/mol. The third kappa shape index (κ3) is 5.28. The van der Waals surface area contributed by atoms with E-state index in [1.165, 1.54) is 0 Å². The van der Waals surface area contributed by atoms with E-state index >= 15 is 0 Å². The molecule has 3 N–H and O–H groups in total. The summed E-state index contributed by atoms with van der Waals surface area (Å²) in [5, 5.41) is 0. The Bertz CT molecular complexity index is 551. The first-order valence-electron chi connectivity index (χ1n) is 6.09. The number of nitrogens with zero attached hydrogens (tertiary/aromatic N) is 1. The number of benzene rings is 1. The van der Waals surface area contributed by atoms with Crippen LogP contribution >= 0.6 is 12.4 Å². The molecular weight excluding hydrogens is 298 g/mol. The molecule has 0 aliphatic rings. The molecule has 0 atom stereocenters. The van der Waals surface area contributed by atoms with Crippen molar-refractivity contribution in [3.63, 3.8) is 0 Å². The van der Waals surface area contributed by atoms with Crippen molar-refractivity contribution in [1.29, 1.82) is 0 Å². The van der Waals surface area contributed by atoms with Crippen molar-refractivity contribution in [2.75, 3.05) is 25.5 Å². The van der Waals surface area contributed by atoms with Crippen molar-refractivity contribution >= 4 is 28.1 Å². The standard InChI is InChI=1S/C13H23N3O2S.ClH/c1-10-6-7-11(8-12(10)16(4)5)19(17,18)15-9-13(2,3)14;/h6-8,15H,9,14H2,1-5H3;1H. The molecule has 0 saturated carbocycles. The van der Waals surface area contributed by atoms with E-state index in [1.807, 2.05) is 25.9 Å². The van der Waals surface area contributed by atoms with Crippen molar-refractivity contribution in [3.8, 4) is 0 Å².